The van der Waals surface area contributed by atoms with Gasteiger partial charge in [-0.25, -0.2) is 22.2 Å². The number of nitrogens with zero attached hydrogens (tertiary/aromatic N) is 1. The molecule has 10 heteroatoms. The lowest BCUT2D eigenvalue weighted by Crippen LogP contribution is -2.42. The molecule has 1 aromatic carbocycles. The molecule has 0 fully saturated rings. The number of ether oxygens (including phenoxy) is 2. The molecule has 1 amide bonds. The van der Waals surface area contributed by atoms with Gasteiger partial charge in [-0.1, -0.05) is 12.1 Å². The third kappa shape index (κ3) is 4.51. The van der Waals surface area contributed by atoms with Gasteiger partial charge in [0.2, 0.25) is 0 Å². The maximum absolute atomic E-state index is 12.3. The molecular weight excluding hydrogens is 382 g/mol. The maximum atomic E-state index is 12.3. The van der Waals surface area contributed by atoms with Crippen molar-refractivity contribution in [2.75, 3.05) is 18.9 Å². The van der Waals surface area contributed by atoms with Crippen LogP contribution in [0.5, 0.6) is 11.5 Å². The molecule has 144 valence electrons. The molecule has 0 saturated carbocycles. The standard InChI is InChI=1S/C17H16F2N2O5S/c18-15(19)9-25-13-5-3-7-20-16(13)17(22)21-8-11-10-27(23,24)14-6-2-1-4-12(14)26-11/h1-7,11,15H,8-10H2,(H,21,22). The Balaban J connectivity index is 1.67. The molecule has 1 aromatic heterocycles. The monoisotopic (exact) mass is 398 g/mol. The topological polar surface area (TPSA) is 94.6 Å². The quantitative estimate of drug-likeness (QED) is 0.796. The first-order chi connectivity index (χ1) is 12.9. The van der Waals surface area contributed by atoms with Crippen molar-refractivity contribution >= 4 is 15.7 Å². The van der Waals surface area contributed by atoms with E-state index in [0.717, 1.165) is 0 Å². The molecule has 2 aromatic rings. The van der Waals surface area contributed by atoms with Gasteiger partial charge in [-0.05, 0) is 24.3 Å². The van der Waals surface area contributed by atoms with E-state index in [1.807, 2.05) is 0 Å². The number of hydrogen-bond donors (Lipinski definition) is 1. The van der Waals surface area contributed by atoms with E-state index in [1.54, 1.807) is 12.1 Å². The molecule has 1 N–H and O–H groups in total. The lowest BCUT2D eigenvalue weighted by atomic mass is 10.3. The molecule has 27 heavy (non-hydrogen) atoms. The summed E-state index contributed by atoms with van der Waals surface area (Å²) in [5.41, 5.74) is -0.169. The number of pyridine rings is 1. The first-order valence-corrected chi connectivity index (χ1v) is 9.64. The second-order valence-electron chi connectivity index (χ2n) is 5.73. The number of rotatable bonds is 6. The van der Waals surface area contributed by atoms with Crippen LogP contribution in [0.4, 0.5) is 8.78 Å². The molecule has 0 bridgehead atoms. The fourth-order valence-corrected chi connectivity index (χ4v) is 4.14. The molecule has 2 heterocycles. The van der Waals surface area contributed by atoms with Crippen LogP contribution in [-0.4, -0.2) is 50.7 Å². The first kappa shape index (κ1) is 19.0. The van der Waals surface area contributed by atoms with Crippen molar-refractivity contribution in [3.63, 3.8) is 0 Å². The SMILES string of the molecule is O=C(NCC1CS(=O)(=O)c2ccccc2O1)c1ncccc1OCC(F)F. The van der Waals surface area contributed by atoms with E-state index >= 15 is 0 Å². The van der Waals surface area contributed by atoms with Gasteiger partial charge in [-0.3, -0.25) is 4.79 Å². The Labute approximate surface area is 154 Å². The fraction of sp³-hybridized carbons (Fsp3) is 0.294. The number of halogens is 2. The van der Waals surface area contributed by atoms with Gasteiger partial charge in [0.05, 0.1) is 12.3 Å². The maximum Gasteiger partial charge on any atom is 0.273 e. The molecule has 7 nitrogen and oxygen atoms in total. The molecule has 1 atom stereocenters. The number of sulfone groups is 1. The van der Waals surface area contributed by atoms with E-state index < -0.39 is 34.9 Å². The van der Waals surface area contributed by atoms with Crippen LogP contribution in [0, 0.1) is 0 Å². The minimum atomic E-state index is -3.53. The van der Waals surface area contributed by atoms with Crippen LogP contribution in [0.15, 0.2) is 47.5 Å². The Morgan fingerprint density at radius 2 is 2.07 bits per heavy atom. The van der Waals surface area contributed by atoms with Crippen LogP contribution in [-0.2, 0) is 9.84 Å². The number of para-hydroxylation sites is 1. The Bertz CT molecular complexity index is 936. The van der Waals surface area contributed by atoms with Crippen molar-refractivity contribution in [3.8, 4) is 11.5 Å². The van der Waals surface area contributed by atoms with Crippen LogP contribution in [0.2, 0.25) is 0 Å². The van der Waals surface area contributed by atoms with Crippen molar-refractivity contribution in [1.82, 2.24) is 10.3 Å². The Morgan fingerprint density at radius 1 is 1.30 bits per heavy atom. The highest BCUT2D eigenvalue weighted by molar-refractivity contribution is 7.91. The van der Waals surface area contributed by atoms with Crippen LogP contribution in [0.1, 0.15) is 10.5 Å². The normalized spacial score (nSPS) is 17.7. The van der Waals surface area contributed by atoms with Crippen molar-refractivity contribution in [1.29, 1.82) is 0 Å². The van der Waals surface area contributed by atoms with E-state index in [0.29, 0.717) is 0 Å². The fourth-order valence-electron chi connectivity index (χ4n) is 2.57. The molecule has 1 aliphatic heterocycles. The van der Waals surface area contributed by atoms with Gasteiger partial charge in [-0.15, -0.1) is 0 Å². The van der Waals surface area contributed by atoms with Crippen molar-refractivity contribution in [2.24, 2.45) is 0 Å². The smallest absolute Gasteiger partial charge is 0.273 e. The molecule has 0 saturated heterocycles. The second-order valence-corrected chi connectivity index (χ2v) is 7.73. The van der Waals surface area contributed by atoms with Crippen molar-refractivity contribution in [2.45, 2.75) is 17.4 Å². The highest BCUT2D eigenvalue weighted by Gasteiger charge is 2.32. The molecule has 0 radical (unpaired) electrons. The molecular formula is C17H16F2N2O5S. The van der Waals surface area contributed by atoms with Gasteiger partial charge in [0.15, 0.2) is 21.3 Å². The average Bonchev–Trinajstić information content (AvgIpc) is 2.64. The summed E-state index contributed by atoms with van der Waals surface area (Å²) in [7, 11) is -3.53. The molecule has 1 unspecified atom stereocenters. The summed E-state index contributed by atoms with van der Waals surface area (Å²) in [4.78, 5) is 16.3. The third-order valence-electron chi connectivity index (χ3n) is 3.72. The minimum absolute atomic E-state index is 0.0853. The number of amides is 1. The number of fused-ring (bicyclic) bond motifs is 1. The Morgan fingerprint density at radius 3 is 2.85 bits per heavy atom. The van der Waals surface area contributed by atoms with E-state index in [-0.39, 0.29) is 34.4 Å². The zero-order valence-electron chi connectivity index (χ0n) is 14.0. The van der Waals surface area contributed by atoms with E-state index in [4.69, 9.17) is 9.47 Å². The number of carbonyl (C=O) groups excluding carboxylic acids is 1. The number of nitrogens with one attached hydrogen (secondary N) is 1. The van der Waals surface area contributed by atoms with Gasteiger partial charge in [-0.2, -0.15) is 0 Å². The minimum Gasteiger partial charge on any atom is -0.486 e. The third-order valence-corrected chi connectivity index (χ3v) is 5.54. The van der Waals surface area contributed by atoms with Crippen LogP contribution in [0.25, 0.3) is 0 Å². The van der Waals surface area contributed by atoms with Gasteiger partial charge < -0.3 is 14.8 Å². The Hall–Kier alpha value is -2.75. The lowest BCUT2D eigenvalue weighted by Gasteiger charge is -2.26. The van der Waals surface area contributed by atoms with E-state index in [2.05, 4.69) is 10.3 Å². The number of alkyl halides is 2. The Kier molecular flexibility index (Phi) is 5.54. The summed E-state index contributed by atoms with van der Waals surface area (Å²) < 4.78 is 59.8. The molecule has 0 spiro atoms. The highest BCUT2D eigenvalue weighted by atomic mass is 32.2. The van der Waals surface area contributed by atoms with Gasteiger partial charge in [0, 0.05) is 6.20 Å². The lowest BCUT2D eigenvalue weighted by molar-refractivity contribution is 0.0787. The zero-order chi connectivity index (χ0) is 19.4. The number of hydrogen-bond acceptors (Lipinski definition) is 6. The first-order valence-electron chi connectivity index (χ1n) is 7.99. The summed E-state index contributed by atoms with van der Waals surface area (Å²) in [5, 5.41) is 2.51. The molecule has 0 aliphatic carbocycles. The summed E-state index contributed by atoms with van der Waals surface area (Å²) >= 11 is 0. The van der Waals surface area contributed by atoms with Gasteiger partial charge in [0.1, 0.15) is 23.4 Å². The van der Waals surface area contributed by atoms with E-state index in [9.17, 15) is 22.0 Å². The number of carbonyl (C=O) groups is 1. The molecule has 3 rings (SSSR count). The van der Waals surface area contributed by atoms with Crippen LogP contribution < -0.4 is 14.8 Å². The van der Waals surface area contributed by atoms with Crippen LogP contribution >= 0.6 is 0 Å². The summed E-state index contributed by atoms with van der Waals surface area (Å²) in [6, 6.07) is 9.04. The summed E-state index contributed by atoms with van der Waals surface area (Å²) in [6.07, 6.45) is -2.16. The predicted molar refractivity (Wildman–Crippen MR) is 91.0 cm³/mol. The number of aromatic nitrogens is 1. The number of benzene rings is 1. The highest BCUT2D eigenvalue weighted by Crippen LogP contribution is 2.30. The van der Waals surface area contributed by atoms with Gasteiger partial charge >= 0.3 is 0 Å². The average molecular weight is 398 g/mol. The van der Waals surface area contributed by atoms with Crippen molar-refractivity contribution in [3.05, 3.63) is 48.3 Å². The summed E-state index contributed by atoms with van der Waals surface area (Å²) in [5.74, 6) is -0.833. The zero-order valence-corrected chi connectivity index (χ0v) is 14.8. The van der Waals surface area contributed by atoms with Crippen molar-refractivity contribution < 1.29 is 31.5 Å². The predicted octanol–water partition coefficient (Wildman–Crippen LogP) is 1.69. The second kappa shape index (κ2) is 7.87. The van der Waals surface area contributed by atoms with Crippen LogP contribution in [0.3, 0.4) is 0 Å². The summed E-state index contributed by atoms with van der Waals surface area (Å²) in [6.45, 7) is -0.968. The van der Waals surface area contributed by atoms with E-state index in [1.165, 1.54) is 30.5 Å². The van der Waals surface area contributed by atoms with Gasteiger partial charge in [0.25, 0.3) is 12.3 Å². The molecule has 1 aliphatic rings. The largest absolute Gasteiger partial charge is 0.486 e.